The van der Waals surface area contributed by atoms with Crippen molar-refractivity contribution in [2.24, 2.45) is 5.16 Å². The van der Waals surface area contributed by atoms with Gasteiger partial charge in [-0.3, -0.25) is 4.79 Å². The van der Waals surface area contributed by atoms with Crippen molar-refractivity contribution in [3.05, 3.63) is 131 Å². The van der Waals surface area contributed by atoms with E-state index in [9.17, 15) is 4.79 Å². The lowest BCUT2D eigenvalue weighted by Crippen LogP contribution is -2.16. The predicted molar refractivity (Wildman–Crippen MR) is 242 cm³/mol. The number of carbonyl (C=O) groups excluding carboxylic acids is 1. The average molecular weight is 1040 g/mol. The molecule has 0 saturated heterocycles. The number of nitrogens with zero attached hydrogens (tertiary/aromatic N) is 7. The Labute approximate surface area is 397 Å². The van der Waals surface area contributed by atoms with Gasteiger partial charge >= 0.3 is 0 Å². The van der Waals surface area contributed by atoms with E-state index in [2.05, 4.69) is 35.1 Å². The maximum atomic E-state index is 11.9. The van der Waals surface area contributed by atoms with Gasteiger partial charge in [0, 0.05) is 22.3 Å². The van der Waals surface area contributed by atoms with Crippen LogP contribution in [0.3, 0.4) is 0 Å². The third-order valence-corrected chi connectivity index (χ3v) is 9.99. The molecule has 0 radical (unpaired) electrons. The second-order valence-corrected chi connectivity index (χ2v) is 21.2. The molecule has 0 fully saturated rings. The van der Waals surface area contributed by atoms with Crippen molar-refractivity contribution < 1.29 is 10.0 Å². The van der Waals surface area contributed by atoms with E-state index in [1.54, 1.807) is 37.3 Å². The molecule has 0 aliphatic heterocycles. The minimum absolute atomic E-state index is 0.0261. The maximum absolute atomic E-state index is 11.9. The van der Waals surface area contributed by atoms with E-state index in [0.29, 0.717) is 22.4 Å². The van der Waals surface area contributed by atoms with E-state index >= 15 is 0 Å². The van der Waals surface area contributed by atoms with Crippen molar-refractivity contribution in [2.75, 3.05) is 0 Å². The minimum atomic E-state index is -1.93. The van der Waals surface area contributed by atoms with Crippen LogP contribution in [0.25, 0.3) is 45.0 Å². The fourth-order valence-corrected chi connectivity index (χ4v) is 6.28. The number of hydrogen-bond donors (Lipinski definition) is 1. The van der Waals surface area contributed by atoms with Crippen LogP contribution in [0.2, 0.25) is 0 Å². The Morgan fingerprint density at radius 1 is 0.441 bits per heavy atom. The summed E-state index contributed by atoms with van der Waals surface area (Å²) in [5.41, 5.74) is 6.52. The lowest BCUT2D eigenvalue weighted by atomic mass is 9.96. The molecule has 2 heterocycles. The van der Waals surface area contributed by atoms with E-state index in [-0.39, 0.29) is 40.7 Å². The molecule has 306 valence electrons. The maximum Gasteiger partial charge on any atom is 0.250 e. The standard InChI is InChI=1S/C19H12Cl6N4O.C19H11Cl6N3O/c1-10(29-30)13-4-2-3-5-14(13)11-6-8-12(9-7-11)15-26-16(18(20,21)22)28-17(27-15)19(23,24)25;1-10(29)13-4-2-3-5-14(13)11-6-8-12(9-7-11)15-26-16(18(20,21)22)28-17(27-15)19(23,24)25/h2-9,30H,1H3;2-9H,1H3/b29-10+;. The normalized spacial score (nSPS) is 12.5. The van der Waals surface area contributed by atoms with E-state index in [1.165, 1.54) is 6.92 Å². The zero-order valence-corrected chi connectivity index (χ0v) is 38.8. The quantitative estimate of drug-likeness (QED) is 0.0574. The minimum Gasteiger partial charge on any atom is -0.411 e. The molecule has 6 rings (SSSR count). The second-order valence-electron chi connectivity index (χ2n) is 12.1. The number of hydrogen-bond acceptors (Lipinski definition) is 9. The topological polar surface area (TPSA) is 127 Å². The molecule has 4 aromatic carbocycles. The molecule has 21 heteroatoms. The smallest absolute Gasteiger partial charge is 0.250 e. The van der Waals surface area contributed by atoms with Gasteiger partial charge in [0.15, 0.2) is 40.7 Å². The number of carbonyl (C=O) groups is 1. The lowest BCUT2D eigenvalue weighted by molar-refractivity contribution is 0.101. The van der Waals surface area contributed by atoms with Gasteiger partial charge in [-0.2, -0.15) is 0 Å². The Kier molecular flexibility index (Phi) is 15.5. The van der Waals surface area contributed by atoms with Crippen LogP contribution in [-0.2, 0) is 15.2 Å². The fraction of sp³-hybridized carbons (Fsp3) is 0.158. The van der Waals surface area contributed by atoms with Crippen molar-refractivity contribution in [3.8, 4) is 45.0 Å². The van der Waals surface area contributed by atoms with Crippen molar-refractivity contribution in [1.82, 2.24) is 29.9 Å². The molecule has 1 N–H and O–H groups in total. The van der Waals surface area contributed by atoms with Gasteiger partial charge in [-0.05, 0) is 36.1 Å². The summed E-state index contributed by atoms with van der Waals surface area (Å²) in [7, 11) is 0. The van der Waals surface area contributed by atoms with E-state index in [1.807, 2.05) is 66.7 Å². The predicted octanol–water partition coefficient (Wildman–Crippen LogP) is 14.1. The van der Waals surface area contributed by atoms with Crippen molar-refractivity contribution in [2.45, 2.75) is 29.0 Å². The number of benzene rings is 4. The highest BCUT2D eigenvalue weighted by atomic mass is 35.6. The molecule has 0 aliphatic rings. The summed E-state index contributed by atoms with van der Waals surface area (Å²) in [6, 6.07) is 29.3. The molecular weight excluding hydrogens is 1010 g/mol. The third kappa shape index (κ3) is 12.3. The Morgan fingerprint density at radius 2 is 0.729 bits per heavy atom. The van der Waals surface area contributed by atoms with Crippen molar-refractivity contribution >= 4 is 151 Å². The number of oxime groups is 1. The highest BCUT2D eigenvalue weighted by Gasteiger charge is 2.35. The number of rotatable bonds is 6. The number of ketones is 1. The number of aromatic nitrogens is 6. The van der Waals surface area contributed by atoms with E-state index in [0.717, 1.165) is 27.8 Å². The second kappa shape index (κ2) is 19.3. The summed E-state index contributed by atoms with van der Waals surface area (Å²) in [5, 5.41) is 12.4. The summed E-state index contributed by atoms with van der Waals surface area (Å²) in [6.07, 6.45) is 0. The van der Waals surface area contributed by atoms with Gasteiger partial charge in [0.2, 0.25) is 15.2 Å². The largest absolute Gasteiger partial charge is 0.411 e. The molecule has 0 bridgehead atoms. The number of Topliss-reactive ketones (excluding diaryl/α,β-unsaturated/α-hetero) is 1. The molecule has 0 unspecified atom stereocenters. The zero-order chi connectivity index (χ0) is 43.5. The molecule has 0 atom stereocenters. The first kappa shape index (κ1) is 47.6. The molecule has 0 spiro atoms. The molecule has 59 heavy (non-hydrogen) atoms. The van der Waals surface area contributed by atoms with Crippen LogP contribution in [0.5, 0.6) is 0 Å². The Hall–Kier alpha value is -2.48. The van der Waals surface area contributed by atoms with Crippen LogP contribution < -0.4 is 0 Å². The van der Waals surface area contributed by atoms with Gasteiger partial charge in [-0.25, -0.2) is 29.9 Å². The summed E-state index contributed by atoms with van der Waals surface area (Å²) >= 11 is 71.0. The van der Waals surface area contributed by atoms with Gasteiger partial charge in [-0.1, -0.05) is 241 Å². The first-order chi connectivity index (χ1) is 27.5. The lowest BCUT2D eigenvalue weighted by Gasteiger charge is -2.16. The van der Waals surface area contributed by atoms with Gasteiger partial charge in [0.25, 0.3) is 0 Å². The molecule has 9 nitrogen and oxygen atoms in total. The van der Waals surface area contributed by atoms with Crippen molar-refractivity contribution in [1.29, 1.82) is 0 Å². The first-order valence-electron chi connectivity index (χ1n) is 16.4. The first-order valence-corrected chi connectivity index (χ1v) is 20.9. The molecule has 6 aromatic rings. The molecule has 0 saturated carbocycles. The van der Waals surface area contributed by atoms with Crippen LogP contribution in [0.4, 0.5) is 0 Å². The fourth-order valence-electron chi connectivity index (χ4n) is 5.26. The summed E-state index contributed by atoms with van der Waals surface area (Å²) in [5.74, 6) is -0.331. The van der Waals surface area contributed by atoms with Crippen LogP contribution >= 0.6 is 139 Å². The number of alkyl halides is 12. The van der Waals surface area contributed by atoms with Gasteiger partial charge in [-0.15, -0.1) is 0 Å². The van der Waals surface area contributed by atoms with Crippen LogP contribution in [0.1, 0.15) is 53.1 Å². The summed E-state index contributed by atoms with van der Waals surface area (Å²) in [6.45, 7) is 3.24. The SMILES string of the molecule is C/C(=N\O)c1ccccc1-c1ccc(-c2nc(C(Cl)(Cl)Cl)nc(C(Cl)(Cl)Cl)n2)cc1.CC(=O)c1ccccc1-c1ccc(-c2nc(C(Cl)(Cl)Cl)nc(C(Cl)(Cl)Cl)n2)cc1. The van der Waals surface area contributed by atoms with Crippen LogP contribution in [0, 0.1) is 0 Å². The monoisotopic (exact) mass is 1030 g/mol. The summed E-state index contributed by atoms with van der Waals surface area (Å²) in [4.78, 5) is 36.6. The highest BCUT2D eigenvalue weighted by molar-refractivity contribution is 6.68. The number of halogens is 12. The summed E-state index contributed by atoms with van der Waals surface area (Å²) < 4.78 is -7.71. The molecule has 0 aliphatic carbocycles. The zero-order valence-electron chi connectivity index (χ0n) is 29.8. The molecule has 0 amide bonds. The van der Waals surface area contributed by atoms with E-state index in [4.69, 9.17) is 144 Å². The Morgan fingerprint density at radius 3 is 1.03 bits per heavy atom. The Bertz CT molecular complexity index is 2430. The third-order valence-electron chi connectivity index (χ3n) is 7.97. The van der Waals surface area contributed by atoms with Crippen molar-refractivity contribution in [3.63, 3.8) is 0 Å². The average Bonchev–Trinajstić information content (AvgIpc) is 3.19. The van der Waals surface area contributed by atoms with Crippen LogP contribution in [0.15, 0.2) is 102 Å². The van der Waals surface area contributed by atoms with Gasteiger partial charge in [0.05, 0.1) is 5.71 Å². The van der Waals surface area contributed by atoms with Crippen LogP contribution in [-0.4, -0.2) is 46.6 Å². The van der Waals surface area contributed by atoms with Gasteiger partial charge < -0.3 is 5.21 Å². The van der Waals surface area contributed by atoms with E-state index < -0.39 is 15.2 Å². The van der Waals surface area contributed by atoms with Gasteiger partial charge in [0.1, 0.15) is 0 Å². The molecule has 2 aromatic heterocycles. The molecular formula is C38H23Cl12N7O2. The highest BCUT2D eigenvalue weighted by Crippen LogP contribution is 2.42. The Balaban J connectivity index is 0.000000224.